The molecule has 36 heavy (non-hydrogen) atoms. The molecule has 0 atom stereocenters. The first-order valence-corrected chi connectivity index (χ1v) is 12.3. The van der Waals surface area contributed by atoms with Gasteiger partial charge in [-0.1, -0.05) is 11.6 Å². The van der Waals surface area contributed by atoms with Gasteiger partial charge in [0.1, 0.15) is 11.4 Å². The summed E-state index contributed by atoms with van der Waals surface area (Å²) in [6, 6.07) is 5.37. The van der Waals surface area contributed by atoms with E-state index in [-0.39, 0.29) is 37.3 Å². The van der Waals surface area contributed by atoms with Crippen LogP contribution in [0.3, 0.4) is 0 Å². The third-order valence-corrected chi connectivity index (χ3v) is 8.49. The van der Waals surface area contributed by atoms with Gasteiger partial charge < -0.3 is 4.90 Å². The Morgan fingerprint density at radius 3 is 2.39 bits per heavy atom. The van der Waals surface area contributed by atoms with Crippen LogP contribution in [0, 0.1) is 11.2 Å². The molecule has 0 N–H and O–H groups in total. The highest BCUT2D eigenvalue weighted by Crippen LogP contribution is 2.57. The summed E-state index contributed by atoms with van der Waals surface area (Å²) in [5, 5.41) is 9.36. The molecular formula is C24H22ClF4N7. The zero-order chi connectivity index (χ0) is 24.9. The summed E-state index contributed by atoms with van der Waals surface area (Å²) in [5.74, 6) is 1.52. The van der Waals surface area contributed by atoms with E-state index in [0.29, 0.717) is 16.8 Å². The molecule has 2 aliphatic carbocycles. The zero-order valence-corrected chi connectivity index (χ0v) is 19.9. The molecule has 1 aromatic carbocycles. The summed E-state index contributed by atoms with van der Waals surface area (Å²) in [6.07, 6.45) is -0.0161. The summed E-state index contributed by atoms with van der Waals surface area (Å²) in [5.41, 5.74) is -0.157. The predicted molar refractivity (Wildman–Crippen MR) is 122 cm³/mol. The van der Waals surface area contributed by atoms with E-state index >= 15 is 0 Å². The number of hydrogen-bond donors (Lipinski definition) is 0. The standard InChI is InChI=1S/C24H22ClF4N7/c25-16-1-2-18-14(5-16)10-35(23(3-4-23)24(27,28)29)11-19-32-33-20(36(18)19)15-6-22(7-15)12-34(13-22)21-30-8-17(26)9-31-21/h1-2,5,8-9,15H,3-4,6-7,10-13H2. The summed E-state index contributed by atoms with van der Waals surface area (Å²) >= 11 is 6.26. The SMILES string of the molecule is Fc1cnc(N2CC3(CC(c4nnc5n4-c4ccc(Cl)cc4CN(C4(C(F)(F)F)CC4)C5)C3)C2)nc1. The van der Waals surface area contributed by atoms with Gasteiger partial charge in [0.15, 0.2) is 11.6 Å². The lowest BCUT2D eigenvalue weighted by atomic mass is 9.57. The quantitative estimate of drug-likeness (QED) is 0.470. The number of alkyl halides is 3. The summed E-state index contributed by atoms with van der Waals surface area (Å²) in [7, 11) is 0. The fraction of sp³-hybridized carbons (Fsp3) is 0.500. The van der Waals surface area contributed by atoms with Crippen LogP contribution in [0.15, 0.2) is 30.6 Å². The van der Waals surface area contributed by atoms with Gasteiger partial charge in [-0.3, -0.25) is 9.47 Å². The van der Waals surface area contributed by atoms with Gasteiger partial charge in [-0.15, -0.1) is 10.2 Å². The smallest absolute Gasteiger partial charge is 0.340 e. The molecule has 1 saturated heterocycles. The molecule has 3 aromatic rings. The molecule has 2 aliphatic heterocycles. The van der Waals surface area contributed by atoms with Crippen LogP contribution >= 0.6 is 11.6 Å². The second-order valence-corrected chi connectivity index (χ2v) is 11.1. The van der Waals surface area contributed by atoms with Crippen molar-refractivity contribution in [2.45, 2.75) is 56.4 Å². The van der Waals surface area contributed by atoms with Crippen molar-refractivity contribution >= 4 is 17.5 Å². The molecule has 12 heteroatoms. The second-order valence-electron chi connectivity index (χ2n) is 10.6. The fourth-order valence-electron chi connectivity index (χ4n) is 6.29. The van der Waals surface area contributed by atoms with Gasteiger partial charge in [0.25, 0.3) is 0 Å². The first-order chi connectivity index (χ1) is 17.2. The molecule has 0 amide bonds. The van der Waals surface area contributed by atoms with Crippen LogP contribution in [0.2, 0.25) is 5.02 Å². The number of halogens is 5. The maximum Gasteiger partial charge on any atom is 0.406 e. The van der Waals surface area contributed by atoms with Crippen LogP contribution in [0.1, 0.15) is 48.8 Å². The average Bonchev–Trinajstić information content (AvgIpc) is 3.52. The summed E-state index contributed by atoms with van der Waals surface area (Å²) in [4.78, 5) is 11.6. The van der Waals surface area contributed by atoms with Crippen molar-refractivity contribution in [1.82, 2.24) is 29.6 Å². The third kappa shape index (κ3) is 3.28. The minimum atomic E-state index is -4.31. The van der Waals surface area contributed by atoms with Crippen LogP contribution in [-0.4, -0.2) is 54.4 Å². The second kappa shape index (κ2) is 7.38. The van der Waals surface area contributed by atoms with E-state index in [1.165, 1.54) is 17.3 Å². The number of aromatic nitrogens is 5. The van der Waals surface area contributed by atoms with Gasteiger partial charge in [0.05, 0.1) is 24.6 Å². The molecule has 0 radical (unpaired) electrons. The Labute approximate surface area is 209 Å². The van der Waals surface area contributed by atoms with E-state index in [4.69, 9.17) is 11.6 Å². The molecule has 188 valence electrons. The van der Waals surface area contributed by atoms with Gasteiger partial charge in [0.2, 0.25) is 5.95 Å². The highest BCUT2D eigenvalue weighted by Gasteiger charge is 2.67. The lowest BCUT2D eigenvalue weighted by molar-refractivity contribution is -0.200. The molecule has 4 aliphatic rings. The molecule has 1 spiro atoms. The van der Waals surface area contributed by atoms with Crippen molar-refractivity contribution in [3.63, 3.8) is 0 Å². The van der Waals surface area contributed by atoms with Crippen LogP contribution < -0.4 is 4.90 Å². The van der Waals surface area contributed by atoms with Crippen LogP contribution in [0.4, 0.5) is 23.5 Å². The normalized spacial score (nSPS) is 22.4. The molecule has 4 heterocycles. The molecule has 0 unspecified atom stereocenters. The van der Waals surface area contributed by atoms with Gasteiger partial charge in [0, 0.05) is 36.0 Å². The average molecular weight is 520 g/mol. The maximum absolute atomic E-state index is 14.0. The van der Waals surface area contributed by atoms with E-state index in [1.807, 2.05) is 15.5 Å². The number of fused-ring (bicyclic) bond motifs is 3. The van der Waals surface area contributed by atoms with Crippen LogP contribution in [0.25, 0.3) is 5.69 Å². The minimum absolute atomic E-state index is 0.0757. The number of rotatable bonds is 3. The van der Waals surface area contributed by atoms with Crippen LogP contribution in [-0.2, 0) is 13.1 Å². The van der Waals surface area contributed by atoms with E-state index in [0.717, 1.165) is 43.0 Å². The van der Waals surface area contributed by atoms with Crippen molar-refractivity contribution in [3.8, 4) is 5.69 Å². The van der Waals surface area contributed by atoms with Gasteiger partial charge in [-0.2, -0.15) is 13.2 Å². The lowest BCUT2D eigenvalue weighted by Crippen LogP contribution is -2.62. The molecule has 0 bridgehead atoms. The minimum Gasteiger partial charge on any atom is -0.340 e. The Morgan fingerprint density at radius 1 is 1.00 bits per heavy atom. The highest BCUT2D eigenvalue weighted by atomic mass is 35.5. The monoisotopic (exact) mass is 519 g/mol. The van der Waals surface area contributed by atoms with Crippen molar-refractivity contribution in [2.75, 3.05) is 18.0 Å². The van der Waals surface area contributed by atoms with Crippen molar-refractivity contribution < 1.29 is 17.6 Å². The Balaban J connectivity index is 1.16. The highest BCUT2D eigenvalue weighted by molar-refractivity contribution is 6.30. The molecule has 2 saturated carbocycles. The van der Waals surface area contributed by atoms with Crippen molar-refractivity contribution in [3.05, 3.63) is 58.6 Å². The van der Waals surface area contributed by atoms with E-state index < -0.39 is 17.5 Å². The number of nitrogens with zero attached hydrogens (tertiary/aromatic N) is 7. The van der Waals surface area contributed by atoms with Crippen molar-refractivity contribution in [2.24, 2.45) is 5.41 Å². The molecule has 2 aromatic heterocycles. The topological polar surface area (TPSA) is 63.0 Å². The Hall–Kier alpha value is -2.79. The Kier molecular flexibility index (Phi) is 4.59. The largest absolute Gasteiger partial charge is 0.406 e. The van der Waals surface area contributed by atoms with Gasteiger partial charge in [-0.05, 0) is 49.4 Å². The zero-order valence-electron chi connectivity index (χ0n) is 19.1. The molecule has 7 nitrogen and oxygen atoms in total. The van der Waals surface area contributed by atoms with Crippen LogP contribution in [0.5, 0.6) is 0 Å². The van der Waals surface area contributed by atoms with E-state index in [9.17, 15) is 17.6 Å². The Morgan fingerprint density at radius 2 is 1.72 bits per heavy atom. The number of hydrogen-bond acceptors (Lipinski definition) is 6. The summed E-state index contributed by atoms with van der Waals surface area (Å²) in [6.45, 7) is 1.79. The van der Waals surface area contributed by atoms with E-state index in [1.54, 1.807) is 12.1 Å². The molecule has 7 rings (SSSR count). The van der Waals surface area contributed by atoms with Crippen molar-refractivity contribution in [1.29, 1.82) is 0 Å². The van der Waals surface area contributed by atoms with Gasteiger partial charge >= 0.3 is 6.18 Å². The number of anilines is 1. The lowest BCUT2D eigenvalue weighted by Gasteiger charge is -2.58. The number of benzene rings is 1. The predicted octanol–water partition coefficient (Wildman–Crippen LogP) is 4.64. The van der Waals surface area contributed by atoms with E-state index in [2.05, 4.69) is 20.2 Å². The summed E-state index contributed by atoms with van der Waals surface area (Å²) < 4.78 is 57.1. The first kappa shape index (κ1) is 22.4. The molecular weight excluding hydrogens is 498 g/mol. The van der Waals surface area contributed by atoms with Gasteiger partial charge in [-0.25, -0.2) is 14.4 Å². The fourth-order valence-corrected chi connectivity index (χ4v) is 6.49. The first-order valence-electron chi connectivity index (χ1n) is 11.9. The third-order valence-electron chi connectivity index (χ3n) is 8.25. The maximum atomic E-state index is 14.0. The molecule has 3 fully saturated rings. The Bertz CT molecular complexity index is 1340.